The second-order valence-corrected chi connectivity index (χ2v) is 8.50. The third kappa shape index (κ3) is 4.71. The Labute approximate surface area is 203 Å². The van der Waals surface area contributed by atoms with Gasteiger partial charge in [-0.3, -0.25) is 19.1 Å². The predicted molar refractivity (Wildman–Crippen MR) is 133 cm³/mol. The zero-order valence-electron chi connectivity index (χ0n) is 19.1. The van der Waals surface area contributed by atoms with E-state index in [1.54, 1.807) is 19.9 Å². The van der Waals surface area contributed by atoms with Gasteiger partial charge in [-0.15, -0.1) is 10.2 Å². The average molecular weight is 497 g/mol. The Morgan fingerprint density at radius 2 is 1.94 bits per heavy atom. The number of hydrogen-bond donors (Lipinski definition) is 3. The van der Waals surface area contributed by atoms with Crippen molar-refractivity contribution in [2.45, 2.75) is 25.5 Å². The summed E-state index contributed by atoms with van der Waals surface area (Å²) in [6, 6.07) is 10.9. The number of anilines is 2. The second kappa shape index (κ2) is 9.93. The van der Waals surface area contributed by atoms with E-state index in [1.165, 1.54) is 20.4 Å². The van der Waals surface area contributed by atoms with Gasteiger partial charge >= 0.3 is 5.69 Å². The molecule has 3 aromatic heterocycles. The number of aromatic amines is 1. The number of nitrogens with zero attached hydrogens (tertiary/aromatic N) is 5. The molecule has 35 heavy (non-hydrogen) atoms. The maximum Gasteiger partial charge on any atom is 0.330 e. The SMILES string of the molecule is CCN(C(=O)CSc1nnc(-c2ccoc2C)n1N)c1c(N)n(Cc2ccccc2)c(=O)[nH]c1=O. The van der Waals surface area contributed by atoms with Crippen LogP contribution in [0.15, 0.2) is 61.8 Å². The number of benzene rings is 1. The first-order valence-corrected chi connectivity index (χ1v) is 11.6. The maximum absolute atomic E-state index is 13.1. The third-order valence-corrected chi connectivity index (χ3v) is 6.30. The monoisotopic (exact) mass is 496 g/mol. The zero-order valence-corrected chi connectivity index (χ0v) is 19.9. The van der Waals surface area contributed by atoms with E-state index in [1.807, 2.05) is 30.3 Å². The molecule has 0 spiro atoms. The highest BCUT2D eigenvalue weighted by molar-refractivity contribution is 7.99. The number of hydrogen-bond acceptors (Lipinski definition) is 9. The van der Waals surface area contributed by atoms with Crippen molar-refractivity contribution in [3.63, 3.8) is 0 Å². The van der Waals surface area contributed by atoms with E-state index in [0.29, 0.717) is 22.3 Å². The molecule has 1 aromatic carbocycles. The summed E-state index contributed by atoms with van der Waals surface area (Å²) in [5.41, 5.74) is 6.26. The number of rotatable bonds is 8. The Kier molecular flexibility index (Phi) is 6.78. The van der Waals surface area contributed by atoms with E-state index in [2.05, 4.69) is 15.2 Å². The van der Waals surface area contributed by atoms with Gasteiger partial charge in [0.1, 0.15) is 11.6 Å². The molecule has 0 saturated carbocycles. The van der Waals surface area contributed by atoms with Gasteiger partial charge in [0.25, 0.3) is 5.56 Å². The molecule has 0 bridgehead atoms. The third-order valence-electron chi connectivity index (χ3n) is 5.37. The number of aryl methyl sites for hydroxylation is 1. The molecule has 12 nitrogen and oxygen atoms in total. The molecule has 13 heteroatoms. The Hall–Kier alpha value is -4.26. The summed E-state index contributed by atoms with van der Waals surface area (Å²) in [7, 11) is 0. The summed E-state index contributed by atoms with van der Waals surface area (Å²) in [5.74, 6) is 6.55. The molecule has 0 radical (unpaired) electrons. The van der Waals surface area contributed by atoms with Crippen LogP contribution in [-0.2, 0) is 11.3 Å². The molecule has 0 atom stereocenters. The van der Waals surface area contributed by atoms with Crippen LogP contribution in [0.5, 0.6) is 0 Å². The van der Waals surface area contributed by atoms with Gasteiger partial charge in [-0.25, -0.2) is 9.47 Å². The smallest absolute Gasteiger partial charge is 0.330 e. The topological polar surface area (TPSA) is 171 Å². The Bertz CT molecular complexity index is 1470. The van der Waals surface area contributed by atoms with Crippen molar-refractivity contribution in [2.24, 2.45) is 0 Å². The molecule has 4 aromatic rings. The first-order valence-electron chi connectivity index (χ1n) is 10.7. The highest BCUT2D eigenvalue weighted by Gasteiger charge is 2.24. The minimum Gasteiger partial charge on any atom is -0.469 e. The van der Waals surface area contributed by atoms with Crippen LogP contribution in [0, 0.1) is 6.92 Å². The number of aromatic nitrogens is 5. The number of H-pyrrole nitrogens is 1. The summed E-state index contributed by atoms with van der Waals surface area (Å²) in [4.78, 5) is 41.7. The van der Waals surface area contributed by atoms with E-state index in [4.69, 9.17) is 16.0 Å². The summed E-state index contributed by atoms with van der Waals surface area (Å²) < 4.78 is 7.78. The fraction of sp³-hybridized carbons (Fsp3) is 0.227. The standard InChI is InChI=1S/C22H24N8O4S/c1-3-28(16(31)12-35-22-27-26-19(30(22)24)15-9-10-34-13(15)2)17-18(23)29(21(33)25-20(17)32)11-14-7-5-4-6-8-14/h4-10H,3,11-12,23-24H2,1-2H3,(H,25,32,33). The van der Waals surface area contributed by atoms with Crippen LogP contribution in [-0.4, -0.2) is 42.6 Å². The number of thioether (sulfide) groups is 1. The highest BCUT2D eigenvalue weighted by atomic mass is 32.2. The van der Waals surface area contributed by atoms with Crippen LogP contribution < -0.4 is 27.7 Å². The first kappa shape index (κ1) is 23.9. The van der Waals surface area contributed by atoms with Crippen LogP contribution in [0.25, 0.3) is 11.4 Å². The van der Waals surface area contributed by atoms with Gasteiger partial charge in [-0.05, 0) is 25.5 Å². The Morgan fingerprint density at radius 3 is 2.60 bits per heavy atom. The fourth-order valence-electron chi connectivity index (χ4n) is 3.60. The van der Waals surface area contributed by atoms with Crippen molar-refractivity contribution in [1.29, 1.82) is 0 Å². The first-order chi connectivity index (χ1) is 16.8. The molecule has 1 amide bonds. The summed E-state index contributed by atoms with van der Waals surface area (Å²) >= 11 is 1.06. The summed E-state index contributed by atoms with van der Waals surface area (Å²) in [6.45, 7) is 3.78. The fourth-order valence-corrected chi connectivity index (χ4v) is 4.33. The predicted octanol–water partition coefficient (Wildman–Crippen LogP) is 1.19. The van der Waals surface area contributed by atoms with Gasteiger partial charge in [-0.2, -0.15) is 0 Å². The number of furan rings is 1. The molecule has 0 saturated heterocycles. The van der Waals surface area contributed by atoms with Gasteiger partial charge in [0.05, 0.1) is 24.1 Å². The highest BCUT2D eigenvalue weighted by Crippen LogP contribution is 2.26. The molecule has 0 aliphatic rings. The second-order valence-electron chi connectivity index (χ2n) is 7.56. The van der Waals surface area contributed by atoms with Crippen LogP contribution in [0.4, 0.5) is 11.5 Å². The lowest BCUT2D eigenvalue weighted by Crippen LogP contribution is -2.42. The van der Waals surface area contributed by atoms with Crippen LogP contribution >= 0.6 is 11.8 Å². The molecule has 0 unspecified atom stereocenters. The quantitative estimate of drug-likeness (QED) is 0.239. The van der Waals surface area contributed by atoms with Crippen molar-refractivity contribution in [2.75, 3.05) is 28.8 Å². The van der Waals surface area contributed by atoms with Crippen molar-refractivity contribution >= 4 is 29.2 Å². The lowest BCUT2D eigenvalue weighted by molar-refractivity contribution is -0.116. The zero-order chi connectivity index (χ0) is 25.1. The van der Waals surface area contributed by atoms with Gasteiger partial charge < -0.3 is 20.9 Å². The summed E-state index contributed by atoms with van der Waals surface area (Å²) in [6.07, 6.45) is 1.52. The summed E-state index contributed by atoms with van der Waals surface area (Å²) in [5, 5.41) is 8.44. The van der Waals surface area contributed by atoms with Gasteiger partial charge in [0.2, 0.25) is 11.1 Å². The lowest BCUT2D eigenvalue weighted by atomic mass is 10.2. The van der Waals surface area contributed by atoms with E-state index in [9.17, 15) is 14.4 Å². The Morgan fingerprint density at radius 1 is 1.20 bits per heavy atom. The number of nitrogens with two attached hydrogens (primary N) is 2. The normalized spacial score (nSPS) is 11.0. The Balaban J connectivity index is 1.57. The van der Waals surface area contributed by atoms with Crippen LogP contribution in [0.1, 0.15) is 18.2 Å². The average Bonchev–Trinajstić information content (AvgIpc) is 3.42. The van der Waals surface area contributed by atoms with Crippen LogP contribution in [0.3, 0.4) is 0 Å². The molecule has 0 fully saturated rings. The minimum atomic E-state index is -0.739. The van der Waals surface area contributed by atoms with Gasteiger partial charge in [0, 0.05) is 6.54 Å². The molecule has 3 heterocycles. The molecule has 4 rings (SSSR count). The number of nitrogen functional groups attached to an aromatic ring is 2. The van der Waals surface area contributed by atoms with Gasteiger partial charge in [0.15, 0.2) is 11.5 Å². The number of nitrogens with one attached hydrogen (secondary N) is 1. The van der Waals surface area contributed by atoms with E-state index < -0.39 is 17.2 Å². The van der Waals surface area contributed by atoms with E-state index in [0.717, 1.165) is 17.3 Å². The minimum absolute atomic E-state index is 0.0856. The van der Waals surface area contributed by atoms with Crippen molar-refractivity contribution < 1.29 is 9.21 Å². The van der Waals surface area contributed by atoms with Crippen LogP contribution in [0.2, 0.25) is 0 Å². The number of carbonyl (C=O) groups is 1. The maximum atomic E-state index is 13.1. The van der Waals surface area contributed by atoms with Gasteiger partial charge in [-0.1, -0.05) is 42.1 Å². The number of amides is 1. The van der Waals surface area contributed by atoms with Crippen molar-refractivity contribution in [1.82, 2.24) is 24.4 Å². The molecule has 5 N–H and O–H groups in total. The molecule has 182 valence electrons. The molecular weight excluding hydrogens is 472 g/mol. The number of carbonyl (C=O) groups excluding carboxylic acids is 1. The largest absolute Gasteiger partial charge is 0.469 e. The lowest BCUT2D eigenvalue weighted by Gasteiger charge is -2.23. The molecule has 0 aliphatic carbocycles. The van der Waals surface area contributed by atoms with Crippen molar-refractivity contribution in [3.8, 4) is 11.4 Å². The van der Waals surface area contributed by atoms with E-state index >= 15 is 0 Å². The molecular formula is C22H24N8O4S. The van der Waals surface area contributed by atoms with Crippen molar-refractivity contribution in [3.05, 3.63) is 74.8 Å². The molecule has 0 aliphatic heterocycles. The van der Waals surface area contributed by atoms with E-state index in [-0.39, 0.29) is 30.3 Å².